The molecule has 4 heteroatoms. The zero-order chi connectivity index (χ0) is 15.1. The number of Topliss-reactive ketones (excluding diaryl/α,β-unsaturated/α-hetero) is 1. The van der Waals surface area contributed by atoms with Gasteiger partial charge in [-0.05, 0) is 30.4 Å². The molecule has 21 heavy (non-hydrogen) atoms. The van der Waals surface area contributed by atoms with Crippen molar-refractivity contribution >= 4 is 23.0 Å². The van der Waals surface area contributed by atoms with Gasteiger partial charge in [0.15, 0.2) is 5.78 Å². The van der Waals surface area contributed by atoms with Crippen molar-refractivity contribution in [2.45, 2.75) is 32.7 Å². The summed E-state index contributed by atoms with van der Waals surface area (Å²) in [5.74, 6) is 0.118. The zero-order valence-corrected chi connectivity index (χ0v) is 12.9. The number of amides is 1. The Kier molecular flexibility index (Phi) is 5.69. The molecule has 1 amide bonds. The van der Waals surface area contributed by atoms with Crippen LogP contribution in [-0.2, 0) is 11.3 Å². The van der Waals surface area contributed by atoms with Crippen molar-refractivity contribution in [2.75, 3.05) is 0 Å². The van der Waals surface area contributed by atoms with Crippen molar-refractivity contribution in [2.24, 2.45) is 0 Å². The van der Waals surface area contributed by atoms with Gasteiger partial charge in [-0.15, -0.1) is 11.3 Å². The Morgan fingerprint density at radius 1 is 1.14 bits per heavy atom. The summed E-state index contributed by atoms with van der Waals surface area (Å²) in [7, 11) is 0. The standard InChI is InChI=1S/C17H19NO2S/c1-13-5-2-6-14(11-13)12-18-17(20)9-3-7-15(19)16-8-4-10-21-16/h2,4-6,8,10-11H,3,7,9,12H2,1H3,(H,18,20). The van der Waals surface area contributed by atoms with Crippen LogP contribution in [0.1, 0.15) is 40.1 Å². The van der Waals surface area contributed by atoms with Gasteiger partial charge in [-0.2, -0.15) is 0 Å². The van der Waals surface area contributed by atoms with E-state index in [9.17, 15) is 9.59 Å². The molecule has 3 nitrogen and oxygen atoms in total. The minimum absolute atomic E-state index is 0.00418. The van der Waals surface area contributed by atoms with Gasteiger partial charge in [0.1, 0.15) is 0 Å². The molecule has 0 atom stereocenters. The van der Waals surface area contributed by atoms with E-state index in [1.54, 1.807) is 0 Å². The Morgan fingerprint density at radius 3 is 2.71 bits per heavy atom. The smallest absolute Gasteiger partial charge is 0.220 e. The van der Waals surface area contributed by atoms with Crippen molar-refractivity contribution in [3.05, 3.63) is 57.8 Å². The summed E-state index contributed by atoms with van der Waals surface area (Å²) in [6.07, 6.45) is 1.41. The summed E-state index contributed by atoms with van der Waals surface area (Å²) in [6.45, 7) is 2.57. The highest BCUT2D eigenvalue weighted by molar-refractivity contribution is 7.12. The van der Waals surface area contributed by atoms with E-state index in [1.165, 1.54) is 16.9 Å². The van der Waals surface area contributed by atoms with E-state index in [1.807, 2.05) is 42.6 Å². The van der Waals surface area contributed by atoms with Crippen LogP contribution in [0, 0.1) is 6.92 Å². The number of carbonyl (C=O) groups is 2. The van der Waals surface area contributed by atoms with Crippen molar-refractivity contribution < 1.29 is 9.59 Å². The van der Waals surface area contributed by atoms with E-state index < -0.39 is 0 Å². The number of carbonyl (C=O) groups excluding carboxylic acids is 2. The molecule has 110 valence electrons. The highest BCUT2D eigenvalue weighted by atomic mass is 32.1. The SMILES string of the molecule is Cc1cccc(CNC(=O)CCCC(=O)c2cccs2)c1. The first-order valence-corrected chi connectivity index (χ1v) is 7.92. The number of aryl methyl sites for hydroxylation is 1. The topological polar surface area (TPSA) is 46.2 Å². The third kappa shape index (κ3) is 5.16. The predicted molar refractivity (Wildman–Crippen MR) is 85.5 cm³/mol. The van der Waals surface area contributed by atoms with Gasteiger partial charge in [0.05, 0.1) is 4.88 Å². The normalized spacial score (nSPS) is 10.3. The van der Waals surface area contributed by atoms with Crippen LogP contribution >= 0.6 is 11.3 Å². The summed E-state index contributed by atoms with van der Waals surface area (Å²) in [5.41, 5.74) is 2.28. The van der Waals surface area contributed by atoms with Crippen LogP contribution in [0.25, 0.3) is 0 Å². The molecule has 2 rings (SSSR count). The number of hydrogen-bond donors (Lipinski definition) is 1. The van der Waals surface area contributed by atoms with Crippen molar-refractivity contribution in [3.8, 4) is 0 Å². The molecule has 0 saturated carbocycles. The molecule has 0 spiro atoms. The molecule has 1 aromatic carbocycles. The first kappa shape index (κ1) is 15.4. The number of rotatable bonds is 7. The van der Waals surface area contributed by atoms with Crippen molar-refractivity contribution in [1.82, 2.24) is 5.32 Å². The second kappa shape index (κ2) is 7.74. The first-order valence-electron chi connectivity index (χ1n) is 7.04. The zero-order valence-electron chi connectivity index (χ0n) is 12.1. The van der Waals surface area contributed by atoms with Crippen LogP contribution < -0.4 is 5.32 Å². The minimum atomic E-state index is -0.00418. The number of thiophene rings is 1. The average molecular weight is 301 g/mol. The van der Waals surface area contributed by atoms with Gasteiger partial charge in [-0.25, -0.2) is 0 Å². The van der Waals surface area contributed by atoms with Gasteiger partial charge in [0.25, 0.3) is 0 Å². The molecule has 1 N–H and O–H groups in total. The van der Waals surface area contributed by atoms with E-state index >= 15 is 0 Å². The second-order valence-electron chi connectivity index (χ2n) is 5.02. The number of ketones is 1. The van der Waals surface area contributed by atoms with E-state index in [-0.39, 0.29) is 11.7 Å². The van der Waals surface area contributed by atoms with Crippen LogP contribution in [0.3, 0.4) is 0 Å². The molecule has 0 aliphatic carbocycles. The van der Waals surface area contributed by atoms with Gasteiger partial charge in [0, 0.05) is 19.4 Å². The molecule has 0 saturated heterocycles. The molecule has 0 fully saturated rings. The lowest BCUT2D eigenvalue weighted by molar-refractivity contribution is -0.121. The lowest BCUT2D eigenvalue weighted by atomic mass is 10.1. The Labute approximate surface area is 129 Å². The van der Waals surface area contributed by atoms with Gasteiger partial charge >= 0.3 is 0 Å². The molecule has 1 heterocycles. The molecule has 1 aromatic heterocycles. The highest BCUT2D eigenvalue weighted by Gasteiger charge is 2.08. The molecule has 0 aliphatic heterocycles. The van der Waals surface area contributed by atoms with Gasteiger partial charge in [0.2, 0.25) is 5.91 Å². The highest BCUT2D eigenvalue weighted by Crippen LogP contribution is 2.13. The first-order chi connectivity index (χ1) is 10.1. The Morgan fingerprint density at radius 2 is 2.00 bits per heavy atom. The largest absolute Gasteiger partial charge is 0.352 e. The maximum absolute atomic E-state index is 11.8. The minimum Gasteiger partial charge on any atom is -0.352 e. The molecule has 0 unspecified atom stereocenters. The Hall–Kier alpha value is -1.94. The molecular formula is C17H19NO2S. The summed E-state index contributed by atoms with van der Waals surface area (Å²) in [6, 6.07) is 11.8. The summed E-state index contributed by atoms with van der Waals surface area (Å²) < 4.78 is 0. The van der Waals surface area contributed by atoms with Crippen LogP contribution in [0.5, 0.6) is 0 Å². The molecule has 0 aliphatic rings. The predicted octanol–water partition coefficient (Wildman–Crippen LogP) is 3.73. The van der Waals surface area contributed by atoms with E-state index in [0.717, 1.165) is 10.4 Å². The summed E-state index contributed by atoms with van der Waals surface area (Å²) in [5, 5.41) is 4.78. The molecule has 0 radical (unpaired) electrons. The molecule has 0 bridgehead atoms. The monoisotopic (exact) mass is 301 g/mol. The van der Waals surface area contributed by atoms with Gasteiger partial charge in [-0.1, -0.05) is 35.9 Å². The van der Waals surface area contributed by atoms with E-state index in [2.05, 4.69) is 11.4 Å². The van der Waals surface area contributed by atoms with Gasteiger partial charge in [-0.3, -0.25) is 9.59 Å². The van der Waals surface area contributed by atoms with Crippen LogP contribution in [-0.4, -0.2) is 11.7 Å². The number of hydrogen-bond acceptors (Lipinski definition) is 3. The van der Waals surface area contributed by atoms with E-state index in [0.29, 0.717) is 25.8 Å². The maximum Gasteiger partial charge on any atom is 0.220 e. The van der Waals surface area contributed by atoms with Crippen molar-refractivity contribution in [1.29, 1.82) is 0 Å². The second-order valence-corrected chi connectivity index (χ2v) is 5.97. The van der Waals surface area contributed by atoms with Crippen LogP contribution in [0.2, 0.25) is 0 Å². The fourth-order valence-corrected chi connectivity index (χ4v) is 2.78. The third-order valence-corrected chi connectivity index (χ3v) is 4.09. The van der Waals surface area contributed by atoms with E-state index in [4.69, 9.17) is 0 Å². The number of benzene rings is 1. The lowest BCUT2D eigenvalue weighted by Gasteiger charge is -2.06. The Balaban J connectivity index is 1.67. The Bertz CT molecular complexity index is 605. The average Bonchev–Trinajstić information content (AvgIpc) is 2.99. The molecule has 2 aromatic rings. The summed E-state index contributed by atoms with van der Waals surface area (Å²) in [4.78, 5) is 24.3. The van der Waals surface area contributed by atoms with Crippen molar-refractivity contribution in [3.63, 3.8) is 0 Å². The van der Waals surface area contributed by atoms with Gasteiger partial charge < -0.3 is 5.32 Å². The number of nitrogens with one attached hydrogen (secondary N) is 1. The fourth-order valence-electron chi connectivity index (χ4n) is 2.08. The van der Waals surface area contributed by atoms with Crippen LogP contribution in [0.4, 0.5) is 0 Å². The van der Waals surface area contributed by atoms with Crippen LogP contribution in [0.15, 0.2) is 41.8 Å². The summed E-state index contributed by atoms with van der Waals surface area (Å²) >= 11 is 1.45. The third-order valence-electron chi connectivity index (χ3n) is 3.18. The lowest BCUT2D eigenvalue weighted by Crippen LogP contribution is -2.22. The molecular weight excluding hydrogens is 282 g/mol. The maximum atomic E-state index is 11.8. The quantitative estimate of drug-likeness (QED) is 0.792. The fraction of sp³-hybridized carbons (Fsp3) is 0.294.